The van der Waals surface area contributed by atoms with Gasteiger partial charge in [-0.2, -0.15) is 4.98 Å². The molecule has 1 aliphatic heterocycles. The van der Waals surface area contributed by atoms with Crippen molar-refractivity contribution in [2.45, 2.75) is 6.54 Å². The maximum absolute atomic E-state index is 14.2. The summed E-state index contributed by atoms with van der Waals surface area (Å²) in [6, 6.07) is 22.9. The van der Waals surface area contributed by atoms with Crippen molar-refractivity contribution in [3.63, 3.8) is 0 Å². The topological polar surface area (TPSA) is 53.5 Å². The number of fused-ring (bicyclic) bond motifs is 1. The van der Waals surface area contributed by atoms with Crippen LogP contribution in [0.5, 0.6) is 5.75 Å². The van der Waals surface area contributed by atoms with Gasteiger partial charge in [-0.3, -0.25) is 0 Å². The molecule has 0 amide bonds. The fourth-order valence-electron chi connectivity index (χ4n) is 4.22. The number of nitrogens with zero attached hydrogens (tertiary/aromatic N) is 4. The summed E-state index contributed by atoms with van der Waals surface area (Å²) in [5.74, 6) is 2.13. The summed E-state index contributed by atoms with van der Waals surface area (Å²) < 4.78 is 19.7. The highest BCUT2D eigenvalue weighted by Gasteiger charge is 2.22. The van der Waals surface area contributed by atoms with E-state index < -0.39 is 0 Å². The van der Waals surface area contributed by atoms with Crippen LogP contribution >= 0.6 is 0 Å². The zero-order valence-electron chi connectivity index (χ0n) is 18.5. The first-order valence-corrected chi connectivity index (χ1v) is 11.1. The molecule has 33 heavy (non-hydrogen) atoms. The van der Waals surface area contributed by atoms with Gasteiger partial charge in [0.25, 0.3) is 0 Å². The number of anilines is 3. The number of methoxy groups -OCH3 is 1. The molecule has 5 rings (SSSR count). The lowest BCUT2D eigenvalue weighted by molar-refractivity contribution is 0.410. The Morgan fingerprint density at radius 2 is 1.55 bits per heavy atom. The van der Waals surface area contributed by atoms with Crippen molar-refractivity contribution in [3.05, 3.63) is 84.2 Å². The maximum Gasteiger partial charge on any atom is 0.228 e. The molecular formula is C26H26FN5O. The summed E-state index contributed by atoms with van der Waals surface area (Å²) in [5, 5.41) is 4.46. The largest absolute Gasteiger partial charge is 0.496 e. The lowest BCUT2D eigenvalue weighted by Crippen LogP contribution is -2.47. The SMILES string of the molecule is COc1ccccc1CNc1nc(N2CCN(c3ccccc3F)CC2)nc2ccccc12. The minimum atomic E-state index is -0.185. The van der Waals surface area contributed by atoms with Gasteiger partial charge in [-0.25, -0.2) is 9.37 Å². The summed E-state index contributed by atoms with van der Waals surface area (Å²) in [6.45, 7) is 3.45. The van der Waals surface area contributed by atoms with Gasteiger partial charge in [0.1, 0.15) is 17.4 Å². The molecule has 1 aromatic heterocycles. The van der Waals surface area contributed by atoms with E-state index in [2.05, 4.69) is 15.1 Å². The third kappa shape index (κ3) is 4.39. The molecule has 0 atom stereocenters. The number of aromatic nitrogens is 2. The van der Waals surface area contributed by atoms with Gasteiger partial charge in [0.2, 0.25) is 5.95 Å². The standard InChI is InChI=1S/C26H26FN5O/c1-33-24-13-7-2-8-19(24)18-28-25-20-9-3-5-11-22(20)29-26(30-25)32-16-14-31(15-17-32)23-12-6-4-10-21(23)27/h2-13H,14-18H2,1H3,(H,28,29,30). The van der Waals surface area contributed by atoms with Crippen LogP contribution in [0.15, 0.2) is 72.8 Å². The predicted octanol–water partition coefficient (Wildman–Crippen LogP) is 4.72. The van der Waals surface area contributed by atoms with E-state index in [1.807, 2.05) is 60.7 Å². The molecular weight excluding hydrogens is 417 g/mol. The number of rotatable bonds is 6. The van der Waals surface area contributed by atoms with Crippen molar-refractivity contribution in [2.75, 3.05) is 48.4 Å². The molecule has 1 N–H and O–H groups in total. The first-order chi connectivity index (χ1) is 16.2. The highest BCUT2D eigenvalue weighted by Crippen LogP contribution is 2.27. The van der Waals surface area contributed by atoms with Crippen molar-refractivity contribution in [1.29, 1.82) is 0 Å². The zero-order valence-corrected chi connectivity index (χ0v) is 18.5. The summed E-state index contributed by atoms with van der Waals surface area (Å²) in [6.07, 6.45) is 0. The van der Waals surface area contributed by atoms with Crippen molar-refractivity contribution in [1.82, 2.24) is 9.97 Å². The fourth-order valence-corrected chi connectivity index (χ4v) is 4.22. The molecule has 0 spiro atoms. The fraction of sp³-hybridized carbons (Fsp3) is 0.231. The highest BCUT2D eigenvalue weighted by molar-refractivity contribution is 5.90. The van der Waals surface area contributed by atoms with E-state index in [0.717, 1.165) is 41.1 Å². The molecule has 0 unspecified atom stereocenters. The van der Waals surface area contributed by atoms with Gasteiger partial charge in [-0.05, 0) is 30.3 Å². The van der Waals surface area contributed by atoms with Gasteiger partial charge >= 0.3 is 0 Å². The van der Waals surface area contributed by atoms with E-state index in [9.17, 15) is 4.39 Å². The summed E-state index contributed by atoms with van der Waals surface area (Å²) in [4.78, 5) is 13.9. The number of para-hydroxylation sites is 3. The molecule has 1 saturated heterocycles. The average molecular weight is 444 g/mol. The number of hydrogen-bond acceptors (Lipinski definition) is 6. The number of halogens is 1. The van der Waals surface area contributed by atoms with Crippen LogP contribution < -0.4 is 19.9 Å². The van der Waals surface area contributed by atoms with E-state index in [-0.39, 0.29) is 5.82 Å². The van der Waals surface area contributed by atoms with Crippen LogP contribution in [0.25, 0.3) is 10.9 Å². The van der Waals surface area contributed by atoms with E-state index >= 15 is 0 Å². The molecule has 168 valence electrons. The second-order valence-electron chi connectivity index (χ2n) is 7.98. The summed E-state index contributed by atoms with van der Waals surface area (Å²) >= 11 is 0. The lowest BCUT2D eigenvalue weighted by atomic mass is 10.2. The highest BCUT2D eigenvalue weighted by atomic mass is 19.1. The third-order valence-electron chi connectivity index (χ3n) is 5.99. The van der Waals surface area contributed by atoms with Crippen LogP contribution in [0.4, 0.5) is 21.8 Å². The van der Waals surface area contributed by atoms with E-state index in [4.69, 9.17) is 14.7 Å². The Labute approximate surface area is 192 Å². The molecule has 0 radical (unpaired) electrons. The van der Waals surface area contributed by atoms with Gasteiger partial charge in [-0.15, -0.1) is 0 Å². The van der Waals surface area contributed by atoms with Gasteiger partial charge in [-0.1, -0.05) is 42.5 Å². The van der Waals surface area contributed by atoms with Crippen molar-refractivity contribution in [3.8, 4) is 5.75 Å². The second kappa shape index (κ2) is 9.32. The molecule has 3 aromatic carbocycles. The third-order valence-corrected chi connectivity index (χ3v) is 5.99. The van der Waals surface area contributed by atoms with Crippen LogP contribution in [0, 0.1) is 5.82 Å². The van der Waals surface area contributed by atoms with Crippen LogP contribution in [0.2, 0.25) is 0 Å². The normalized spacial score (nSPS) is 13.9. The number of benzene rings is 3. The molecule has 1 fully saturated rings. The molecule has 4 aromatic rings. The number of piperazine rings is 1. The van der Waals surface area contributed by atoms with Crippen molar-refractivity contribution >= 4 is 28.4 Å². The van der Waals surface area contributed by atoms with Gasteiger partial charge in [0.15, 0.2) is 0 Å². The Bertz CT molecular complexity index is 1260. The molecule has 6 nitrogen and oxygen atoms in total. The Kier molecular flexibility index (Phi) is 5.93. The molecule has 1 aliphatic rings. The lowest BCUT2D eigenvalue weighted by Gasteiger charge is -2.36. The van der Waals surface area contributed by atoms with Crippen LogP contribution in [0.3, 0.4) is 0 Å². The number of nitrogens with one attached hydrogen (secondary N) is 1. The maximum atomic E-state index is 14.2. The summed E-state index contributed by atoms with van der Waals surface area (Å²) in [7, 11) is 1.68. The number of ether oxygens (including phenoxy) is 1. The monoisotopic (exact) mass is 443 g/mol. The molecule has 0 saturated carbocycles. The second-order valence-corrected chi connectivity index (χ2v) is 7.98. The zero-order chi connectivity index (χ0) is 22.6. The number of hydrogen-bond donors (Lipinski definition) is 1. The van der Waals surface area contributed by atoms with Crippen LogP contribution in [-0.2, 0) is 6.54 Å². The first-order valence-electron chi connectivity index (χ1n) is 11.1. The quantitative estimate of drug-likeness (QED) is 0.466. The van der Waals surface area contributed by atoms with Crippen LogP contribution in [0.1, 0.15) is 5.56 Å². The Balaban J connectivity index is 1.38. The minimum Gasteiger partial charge on any atom is -0.496 e. The van der Waals surface area contributed by atoms with Gasteiger partial charge < -0.3 is 19.9 Å². The molecule has 0 bridgehead atoms. The van der Waals surface area contributed by atoms with E-state index in [1.165, 1.54) is 6.07 Å². The summed E-state index contributed by atoms with van der Waals surface area (Å²) in [5.41, 5.74) is 2.60. The Morgan fingerprint density at radius 1 is 0.848 bits per heavy atom. The van der Waals surface area contributed by atoms with Gasteiger partial charge in [0, 0.05) is 43.7 Å². The first kappa shape index (κ1) is 21.0. The smallest absolute Gasteiger partial charge is 0.228 e. The minimum absolute atomic E-state index is 0.185. The molecule has 0 aliphatic carbocycles. The van der Waals surface area contributed by atoms with Crippen molar-refractivity contribution in [2.24, 2.45) is 0 Å². The molecule has 2 heterocycles. The average Bonchev–Trinajstić information content (AvgIpc) is 2.87. The Morgan fingerprint density at radius 3 is 2.36 bits per heavy atom. The predicted molar refractivity (Wildman–Crippen MR) is 131 cm³/mol. The van der Waals surface area contributed by atoms with Crippen LogP contribution in [-0.4, -0.2) is 43.3 Å². The molecule has 7 heteroatoms. The van der Waals surface area contributed by atoms with Gasteiger partial charge in [0.05, 0.1) is 18.3 Å². The Hall–Kier alpha value is -3.87. The van der Waals surface area contributed by atoms with E-state index in [0.29, 0.717) is 31.3 Å². The van der Waals surface area contributed by atoms with E-state index in [1.54, 1.807) is 13.2 Å². The van der Waals surface area contributed by atoms with Crippen molar-refractivity contribution < 1.29 is 9.13 Å².